The first-order valence-corrected chi connectivity index (χ1v) is 8.23. The summed E-state index contributed by atoms with van der Waals surface area (Å²) in [5, 5.41) is 3.06. The molecule has 1 aromatic rings. The zero-order chi connectivity index (χ0) is 18.3. The van der Waals surface area contributed by atoms with Gasteiger partial charge in [0.1, 0.15) is 0 Å². The second kappa shape index (κ2) is 10.4. The van der Waals surface area contributed by atoms with Crippen LogP contribution < -0.4 is 25.3 Å². The smallest absolute Gasteiger partial charge is 0.227 e. The number of methoxy groups -OCH3 is 3. The quantitative estimate of drug-likeness (QED) is 0.694. The highest BCUT2D eigenvalue weighted by Crippen LogP contribution is 2.39. The number of carbonyl (C=O) groups is 1. The minimum absolute atomic E-state index is 0. The summed E-state index contributed by atoms with van der Waals surface area (Å²) in [5.74, 6) is 1.62. The minimum atomic E-state index is -0.533. The van der Waals surface area contributed by atoms with Crippen molar-refractivity contribution in [2.24, 2.45) is 11.1 Å². The molecule has 0 saturated heterocycles. The summed E-state index contributed by atoms with van der Waals surface area (Å²) in [6, 6.07) is 3.47. The molecule has 0 spiro atoms. The third kappa shape index (κ3) is 4.92. The summed E-state index contributed by atoms with van der Waals surface area (Å²) < 4.78 is 16.1. The predicted octanol–water partition coefficient (Wildman–Crippen LogP) is 3.08. The average Bonchev–Trinajstić information content (AvgIpc) is 2.62. The van der Waals surface area contributed by atoms with Gasteiger partial charge in [-0.15, -0.1) is 12.4 Å². The van der Waals surface area contributed by atoms with Crippen LogP contribution in [0, 0.1) is 5.41 Å². The van der Waals surface area contributed by atoms with E-state index in [1.165, 1.54) is 0 Å². The number of nitrogens with one attached hydrogen (secondary N) is 1. The average molecular weight is 375 g/mol. The highest BCUT2D eigenvalue weighted by Gasteiger charge is 2.34. The van der Waals surface area contributed by atoms with Crippen molar-refractivity contribution in [3.63, 3.8) is 0 Å². The van der Waals surface area contributed by atoms with Gasteiger partial charge >= 0.3 is 0 Å². The van der Waals surface area contributed by atoms with Crippen LogP contribution in [-0.2, 0) is 4.79 Å². The molecule has 25 heavy (non-hydrogen) atoms. The number of hydrogen-bond donors (Lipinski definition) is 2. The van der Waals surface area contributed by atoms with Crippen molar-refractivity contribution in [1.29, 1.82) is 0 Å². The molecule has 144 valence electrons. The van der Waals surface area contributed by atoms with Gasteiger partial charge in [0.2, 0.25) is 11.7 Å². The van der Waals surface area contributed by atoms with Gasteiger partial charge in [0.05, 0.1) is 32.8 Å². The van der Waals surface area contributed by atoms with E-state index in [0.29, 0.717) is 36.6 Å². The van der Waals surface area contributed by atoms with Gasteiger partial charge in [-0.1, -0.05) is 13.8 Å². The van der Waals surface area contributed by atoms with Crippen LogP contribution in [0.1, 0.15) is 45.2 Å². The topological polar surface area (TPSA) is 82.8 Å². The van der Waals surface area contributed by atoms with E-state index in [1.807, 2.05) is 32.9 Å². The Morgan fingerprint density at radius 2 is 1.60 bits per heavy atom. The Morgan fingerprint density at radius 1 is 1.12 bits per heavy atom. The van der Waals surface area contributed by atoms with Crippen molar-refractivity contribution >= 4 is 18.3 Å². The van der Waals surface area contributed by atoms with E-state index in [9.17, 15) is 4.79 Å². The van der Waals surface area contributed by atoms with Gasteiger partial charge in [0.25, 0.3) is 0 Å². The molecule has 0 aliphatic rings. The lowest BCUT2D eigenvalue weighted by Gasteiger charge is -2.30. The maximum absolute atomic E-state index is 12.7. The molecule has 1 unspecified atom stereocenters. The lowest BCUT2D eigenvalue weighted by molar-refractivity contribution is -0.131. The van der Waals surface area contributed by atoms with Crippen LogP contribution in [0.3, 0.4) is 0 Å². The monoisotopic (exact) mass is 374 g/mol. The lowest BCUT2D eigenvalue weighted by atomic mass is 9.81. The second-order valence-corrected chi connectivity index (χ2v) is 5.85. The van der Waals surface area contributed by atoms with Crippen LogP contribution in [0.15, 0.2) is 12.1 Å². The van der Waals surface area contributed by atoms with Gasteiger partial charge in [-0.2, -0.15) is 0 Å². The standard InChI is InChI=1S/C18H30N2O4.ClH/c1-7-18(8-2,11-19)17(21)20-12(3)13-9-14(22-4)16(24-6)15(10-13)23-5;/h9-10,12H,7-8,11,19H2,1-6H3,(H,20,21);1H. The Hall–Kier alpha value is -1.66. The Morgan fingerprint density at radius 3 is 1.92 bits per heavy atom. The van der Waals surface area contributed by atoms with Gasteiger partial charge in [-0.25, -0.2) is 0 Å². The number of amides is 1. The fourth-order valence-corrected chi connectivity index (χ4v) is 2.74. The van der Waals surface area contributed by atoms with Crippen molar-refractivity contribution in [3.05, 3.63) is 17.7 Å². The number of hydrogen-bond acceptors (Lipinski definition) is 5. The van der Waals surface area contributed by atoms with Gasteiger partial charge < -0.3 is 25.3 Å². The minimum Gasteiger partial charge on any atom is -0.493 e. The van der Waals surface area contributed by atoms with Crippen molar-refractivity contribution in [3.8, 4) is 17.2 Å². The molecule has 3 N–H and O–H groups in total. The molecule has 0 saturated carbocycles. The highest BCUT2D eigenvalue weighted by molar-refractivity contribution is 5.85. The lowest BCUT2D eigenvalue weighted by Crippen LogP contribution is -2.46. The van der Waals surface area contributed by atoms with Gasteiger partial charge in [-0.05, 0) is 37.5 Å². The third-order valence-electron chi connectivity index (χ3n) is 4.76. The molecule has 0 fully saturated rings. The Labute approximate surface area is 156 Å². The van der Waals surface area contributed by atoms with Crippen LogP contribution in [0.4, 0.5) is 0 Å². The summed E-state index contributed by atoms with van der Waals surface area (Å²) in [7, 11) is 4.69. The maximum Gasteiger partial charge on any atom is 0.227 e. The number of benzene rings is 1. The van der Waals surface area contributed by atoms with E-state index >= 15 is 0 Å². The first-order chi connectivity index (χ1) is 11.4. The van der Waals surface area contributed by atoms with Gasteiger partial charge in [-0.3, -0.25) is 4.79 Å². The SMILES string of the molecule is CCC(CC)(CN)C(=O)NC(C)c1cc(OC)c(OC)c(OC)c1.Cl. The fraction of sp³-hybridized carbons (Fsp3) is 0.611. The van der Waals surface area contributed by atoms with E-state index in [1.54, 1.807) is 21.3 Å². The van der Waals surface area contributed by atoms with Crippen molar-refractivity contribution in [1.82, 2.24) is 5.32 Å². The number of ether oxygens (including phenoxy) is 3. The summed E-state index contributed by atoms with van der Waals surface area (Å²) in [4.78, 5) is 12.7. The molecule has 0 bridgehead atoms. The molecule has 7 heteroatoms. The Bertz CT molecular complexity index is 529. The van der Waals surface area contributed by atoms with Gasteiger partial charge in [0, 0.05) is 6.54 Å². The highest BCUT2D eigenvalue weighted by atomic mass is 35.5. The van der Waals surface area contributed by atoms with Crippen LogP contribution in [0.2, 0.25) is 0 Å². The Kier molecular flexibility index (Phi) is 9.67. The molecule has 1 amide bonds. The van der Waals surface area contributed by atoms with E-state index < -0.39 is 5.41 Å². The molecule has 0 aromatic heterocycles. The molecule has 0 radical (unpaired) electrons. The first kappa shape index (κ1) is 23.3. The van der Waals surface area contributed by atoms with E-state index in [2.05, 4.69) is 5.32 Å². The van der Waals surface area contributed by atoms with Crippen LogP contribution in [0.25, 0.3) is 0 Å². The van der Waals surface area contributed by atoms with Crippen LogP contribution in [-0.4, -0.2) is 33.8 Å². The molecular weight excluding hydrogens is 344 g/mol. The molecule has 1 atom stereocenters. The molecule has 0 heterocycles. The molecular formula is C18H31ClN2O4. The van der Waals surface area contributed by atoms with Crippen LogP contribution in [0.5, 0.6) is 17.2 Å². The Balaban J connectivity index is 0.00000576. The number of halogens is 1. The molecule has 0 aliphatic carbocycles. The van der Waals surface area contributed by atoms with Gasteiger partial charge in [0.15, 0.2) is 11.5 Å². The summed E-state index contributed by atoms with van der Waals surface area (Å²) in [6.45, 7) is 6.22. The van der Waals surface area contributed by atoms with Crippen LogP contribution >= 0.6 is 12.4 Å². The molecule has 1 rings (SSSR count). The third-order valence-corrected chi connectivity index (χ3v) is 4.76. The molecule has 1 aromatic carbocycles. The van der Waals surface area contributed by atoms with Crippen molar-refractivity contribution in [2.75, 3.05) is 27.9 Å². The summed E-state index contributed by atoms with van der Waals surface area (Å²) in [6.07, 6.45) is 1.40. The van der Waals surface area contributed by atoms with E-state index in [4.69, 9.17) is 19.9 Å². The summed E-state index contributed by atoms with van der Waals surface area (Å²) in [5.41, 5.74) is 6.19. The molecule has 0 aliphatic heterocycles. The maximum atomic E-state index is 12.7. The number of rotatable bonds is 9. The largest absolute Gasteiger partial charge is 0.493 e. The number of nitrogens with two attached hydrogens (primary N) is 1. The zero-order valence-electron chi connectivity index (χ0n) is 16.0. The van der Waals surface area contributed by atoms with Crippen molar-refractivity contribution in [2.45, 2.75) is 39.7 Å². The predicted molar refractivity (Wildman–Crippen MR) is 102 cm³/mol. The normalized spacial score (nSPS) is 12.0. The molecule has 6 nitrogen and oxygen atoms in total. The summed E-state index contributed by atoms with van der Waals surface area (Å²) >= 11 is 0. The van der Waals surface area contributed by atoms with E-state index in [0.717, 1.165) is 5.56 Å². The zero-order valence-corrected chi connectivity index (χ0v) is 16.8. The second-order valence-electron chi connectivity index (χ2n) is 5.85. The van der Waals surface area contributed by atoms with E-state index in [-0.39, 0.29) is 24.4 Å². The fourth-order valence-electron chi connectivity index (χ4n) is 2.74. The van der Waals surface area contributed by atoms with Crippen molar-refractivity contribution < 1.29 is 19.0 Å². The number of carbonyl (C=O) groups excluding carboxylic acids is 1. The first-order valence-electron chi connectivity index (χ1n) is 8.23.